The molecule has 1 N–H and O–H groups in total. The summed E-state index contributed by atoms with van der Waals surface area (Å²) >= 11 is 0. The second-order valence-electron chi connectivity index (χ2n) is 6.90. The number of carbonyl (C=O) groups is 3. The minimum Gasteiger partial charge on any atom is -0.491 e. The second-order valence-corrected chi connectivity index (χ2v) is 6.90. The molecule has 2 aliphatic rings. The number of barbiturate groups is 1. The van der Waals surface area contributed by atoms with Crippen LogP contribution in [-0.2, 0) is 9.59 Å². The van der Waals surface area contributed by atoms with Crippen LogP contribution < -0.4 is 24.4 Å². The Morgan fingerprint density at radius 3 is 2.57 bits per heavy atom. The molecule has 4 rings (SSSR count). The molecule has 4 amide bonds. The van der Waals surface area contributed by atoms with E-state index < -0.39 is 17.8 Å². The van der Waals surface area contributed by atoms with Crippen molar-refractivity contribution in [2.24, 2.45) is 0 Å². The Bertz CT molecular complexity index is 1040. The maximum absolute atomic E-state index is 13.0. The van der Waals surface area contributed by atoms with Crippen LogP contribution in [0.1, 0.15) is 25.8 Å². The molecule has 0 unspecified atom stereocenters. The Morgan fingerprint density at radius 1 is 1.10 bits per heavy atom. The molecule has 1 atom stereocenters. The van der Waals surface area contributed by atoms with Gasteiger partial charge in [-0.25, -0.2) is 9.69 Å². The molecule has 2 aliphatic heterocycles. The Kier molecular flexibility index (Phi) is 5.14. The third-order valence-electron chi connectivity index (χ3n) is 4.82. The van der Waals surface area contributed by atoms with Gasteiger partial charge in [0.25, 0.3) is 11.8 Å². The topological polar surface area (TPSA) is 94.2 Å². The molecule has 2 heterocycles. The molecule has 30 heavy (non-hydrogen) atoms. The van der Waals surface area contributed by atoms with Gasteiger partial charge in [0.15, 0.2) is 11.5 Å². The Morgan fingerprint density at radius 2 is 1.83 bits per heavy atom. The molecule has 0 saturated carbocycles. The lowest BCUT2D eigenvalue weighted by atomic mass is 10.1. The van der Waals surface area contributed by atoms with Gasteiger partial charge in [-0.2, -0.15) is 0 Å². The lowest BCUT2D eigenvalue weighted by Crippen LogP contribution is -2.54. The molecule has 0 bridgehead atoms. The third kappa shape index (κ3) is 3.71. The number of amides is 4. The van der Waals surface area contributed by atoms with Crippen molar-refractivity contribution in [1.29, 1.82) is 0 Å². The van der Waals surface area contributed by atoms with E-state index in [9.17, 15) is 14.4 Å². The molecule has 8 nitrogen and oxygen atoms in total. The number of ether oxygens (including phenoxy) is 3. The van der Waals surface area contributed by atoms with Crippen molar-refractivity contribution in [3.05, 3.63) is 53.6 Å². The largest absolute Gasteiger partial charge is 0.491 e. The maximum atomic E-state index is 13.0. The average molecular weight is 408 g/mol. The van der Waals surface area contributed by atoms with Gasteiger partial charge in [-0.05, 0) is 49.2 Å². The van der Waals surface area contributed by atoms with Gasteiger partial charge in [0, 0.05) is 6.07 Å². The standard InChI is InChI=1S/C22H20N2O6/c1-3-13(2)30-16-7-4-14(5-8-16)10-17-20(25)23-22(27)24(21(17)26)15-6-9-18-19(11-15)29-12-28-18/h4-11,13H,3,12H2,1-2H3,(H,23,25,27)/b17-10+/t13-/m1/s1. The molecule has 2 aromatic rings. The Hall–Kier alpha value is -3.81. The van der Waals surface area contributed by atoms with E-state index in [-0.39, 0.29) is 24.2 Å². The fraction of sp³-hybridized carbons (Fsp3) is 0.227. The van der Waals surface area contributed by atoms with Gasteiger partial charge in [-0.3, -0.25) is 14.9 Å². The van der Waals surface area contributed by atoms with Crippen molar-refractivity contribution < 1.29 is 28.6 Å². The molecule has 0 aromatic heterocycles. The third-order valence-corrected chi connectivity index (χ3v) is 4.82. The van der Waals surface area contributed by atoms with Gasteiger partial charge < -0.3 is 14.2 Å². The molecular weight excluding hydrogens is 388 g/mol. The van der Waals surface area contributed by atoms with Crippen LogP contribution in [-0.4, -0.2) is 30.7 Å². The van der Waals surface area contributed by atoms with E-state index in [0.717, 1.165) is 11.3 Å². The van der Waals surface area contributed by atoms with Crippen LogP contribution in [0.25, 0.3) is 6.08 Å². The molecular formula is C22H20N2O6. The fourth-order valence-corrected chi connectivity index (χ4v) is 3.04. The summed E-state index contributed by atoms with van der Waals surface area (Å²) in [6.45, 7) is 4.08. The molecule has 0 radical (unpaired) electrons. The zero-order valence-electron chi connectivity index (χ0n) is 16.5. The number of nitrogens with one attached hydrogen (secondary N) is 1. The molecule has 2 aromatic carbocycles. The predicted molar refractivity (Wildman–Crippen MR) is 108 cm³/mol. The summed E-state index contributed by atoms with van der Waals surface area (Å²) in [6, 6.07) is 10.9. The number of hydrogen-bond acceptors (Lipinski definition) is 6. The number of rotatable bonds is 5. The second kappa shape index (κ2) is 7.90. The monoisotopic (exact) mass is 408 g/mol. The van der Waals surface area contributed by atoms with Crippen LogP contribution in [0, 0.1) is 0 Å². The van der Waals surface area contributed by atoms with Crippen molar-refractivity contribution in [3.8, 4) is 17.2 Å². The van der Waals surface area contributed by atoms with Crippen LogP contribution in [0.15, 0.2) is 48.0 Å². The van der Waals surface area contributed by atoms with E-state index in [4.69, 9.17) is 14.2 Å². The smallest absolute Gasteiger partial charge is 0.335 e. The number of carbonyl (C=O) groups excluding carboxylic acids is 3. The summed E-state index contributed by atoms with van der Waals surface area (Å²) in [4.78, 5) is 38.5. The van der Waals surface area contributed by atoms with E-state index in [1.807, 2.05) is 13.8 Å². The van der Waals surface area contributed by atoms with Crippen molar-refractivity contribution in [3.63, 3.8) is 0 Å². The summed E-state index contributed by atoms with van der Waals surface area (Å²) in [7, 11) is 0. The number of imide groups is 2. The molecule has 1 saturated heterocycles. The summed E-state index contributed by atoms with van der Waals surface area (Å²) in [5.41, 5.74) is 0.755. The zero-order valence-corrected chi connectivity index (χ0v) is 16.5. The Balaban J connectivity index is 1.61. The highest BCUT2D eigenvalue weighted by Crippen LogP contribution is 2.36. The molecule has 1 fully saturated rings. The first kappa shape index (κ1) is 19.5. The molecule has 0 aliphatic carbocycles. The number of nitrogens with zero attached hydrogens (tertiary/aromatic N) is 1. The summed E-state index contributed by atoms with van der Waals surface area (Å²) in [6.07, 6.45) is 2.41. The van der Waals surface area contributed by atoms with Gasteiger partial charge in [-0.1, -0.05) is 19.1 Å². The number of hydrogen-bond donors (Lipinski definition) is 1. The van der Waals surface area contributed by atoms with E-state index >= 15 is 0 Å². The summed E-state index contributed by atoms with van der Waals surface area (Å²) < 4.78 is 16.3. The normalized spacial score (nSPS) is 17.9. The predicted octanol–water partition coefficient (Wildman–Crippen LogP) is 3.26. The number of benzene rings is 2. The van der Waals surface area contributed by atoms with Gasteiger partial charge in [0.05, 0.1) is 11.8 Å². The lowest BCUT2D eigenvalue weighted by Gasteiger charge is -2.26. The van der Waals surface area contributed by atoms with Crippen molar-refractivity contribution in [2.75, 3.05) is 11.7 Å². The van der Waals surface area contributed by atoms with E-state index in [1.165, 1.54) is 12.1 Å². The van der Waals surface area contributed by atoms with Crippen LogP contribution in [0.4, 0.5) is 10.5 Å². The van der Waals surface area contributed by atoms with E-state index in [1.54, 1.807) is 36.4 Å². The quantitative estimate of drug-likeness (QED) is 0.603. The highest BCUT2D eigenvalue weighted by atomic mass is 16.7. The number of fused-ring (bicyclic) bond motifs is 1. The van der Waals surface area contributed by atoms with Crippen LogP contribution in [0.5, 0.6) is 17.2 Å². The fourth-order valence-electron chi connectivity index (χ4n) is 3.04. The first-order valence-corrected chi connectivity index (χ1v) is 9.54. The molecule has 154 valence electrons. The van der Waals surface area contributed by atoms with Gasteiger partial charge >= 0.3 is 6.03 Å². The number of anilines is 1. The van der Waals surface area contributed by atoms with Gasteiger partial charge in [0.1, 0.15) is 11.3 Å². The van der Waals surface area contributed by atoms with Crippen LogP contribution in [0.2, 0.25) is 0 Å². The highest BCUT2D eigenvalue weighted by molar-refractivity contribution is 6.39. The summed E-state index contributed by atoms with van der Waals surface area (Å²) in [5, 5.41) is 2.20. The van der Waals surface area contributed by atoms with Crippen LogP contribution in [0.3, 0.4) is 0 Å². The molecule has 8 heteroatoms. The van der Waals surface area contributed by atoms with Crippen molar-refractivity contribution in [2.45, 2.75) is 26.4 Å². The lowest BCUT2D eigenvalue weighted by molar-refractivity contribution is -0.122. The minimum atomic E-state index is -0.821. The first-order valence-electron chi connectivity index (χ1n) is 9.54. The highest BCUT2D eigenvalue weighted by Gasteiger charge is 2.37. The van der Waals surface area contributed by atoms with Crippen molar-refractivity contribution in [1.82, 2.24) is 5.32 Å². The average Bonchev–Trinajstić information content (AvgIpc) is 3.20. The SMILES string of the molecule is CC[C@@H](C)Oc1ccc(/C=C2\C(=O)NC(=O)N(c3ccc4c(c3)OCO4)C2=O)cc1. The molecule has 0 spiro atoms. The minimum absolute atomic E-state index is 0.0688. The number of urea groups is 1. The Labute approximate surface area is 173 Å². The first-order chi connectivity index (χ1) is 14.5. The van der Waals surface area contributed by atoms with Crippen molar-refractivity contribution >= 4 is 29.6 Å². The zero-order chi connectivity index (χ0) is 21.3. The van der Waals surface area contributed by atoms with Gasteiger partial charge in [0.2, 0.25) is 6.79 Å². The van der Waals surface area contributed by atoms with E-state index in [2.05, 4.69) is 5.32 Å². The van der Waals surface area contributed by atoms with E-state index in [0.29, 0.717) is 22.8 Å². The maximum Gasteiger partial charge on any atom is 0.335 e. The van der Waals surface area contributed by atoms with Gasteiger partial charge in [-0.15, -0.1) is 0 Å². The summed E-state index contributed by atoms with van der Waals surface area (Å²) in [5.74, 6) is 0.176. The van der Waals surface area contributed by atoms with Crippen LogP contribution >= 0.6 is 0 Å².